The maximum atomic E-state index is 11.8. The van der Waals surface area contributed by atoms with E-state index >= 15 is 0 Å². The van der Waals surface area contributed by atoms with Gasteiger partial charge in [0.1, 0.15) is 0 Å². The highest BCUT2D eigenvalue weighted by molar-refractivity contribution is 6.30. The third-order valence-corrected chi connectivity index (χ3v) is 3.43. The molecule has 0 bridgehead atoms. The Bertz CT molecular complexity index is 635. The highest BCUT2D eigenvalue weighted by Gasteiger charge is 2.15. The summed E-state index contributed by atoms with van der Waals surface area (Å²) in [5, 5.41) is 5.17. The monoisotopic (exact) mass is 307 g/mol. The molecule has 0 saturated carbocycles. The highest BCUT2D eigenvalue weighted by Crippen LogP contribution is 2.20. The molecule has 1 heterocycles. The standard InChI is InChI=1S/C15H18ClN3O2/c1-4-21-18-15(20)9-14-10(2)17-19(11(14)3)13-7-5-12(16)6-8-13/h5-8H,4,9H2,1-3H3,(H,18,20). The molecule has 1 aromatic carbocycles. The van der Waals surface area contributed by atoms with E-state index in [0.717, 1.165) is 22.6 Å². The molecule has 0 radical (unpaired) electrons. The van der Waals surface area contributed by atoms with Gasteiger partial charge in [0.2, 0.25) is 5.91 Å². The SMILES string of the molecule is CCONC(=O)Cc1c(C)nn(-c2ccc(Cl)cc2)c1C. The van der Waals surface area contributed by atoms with Crippen molar-refractivity contribution in [3.8, 4) is 5.69 Å². The van der Waals surface area contributed by atoms with Crippen LogP contribution < -0.4 is 5.48 Å². The molecule has 2 rings (SSSR count). The van der Waals surface area contributed by atoms with Crippen molar-refractivity contribution in [3.63, 3.8) is 0 Å². The number of hydrogen-bond acceptors (Lipinski definition) is 3. The van der Waals surface area contributed by atoms with E-state index in [1.807, 2.05) is 49.7 Å². The van der Waals surface area contributed by atoms with Crippen molar-refractivity contribution in [1.82, 2.24) is 15.3 Å². The molecule has 0 spiro atoms. The zero-order chi connectivity index (χ0) is 15.4. The number of rotatable bonds is 5. The third kappa shape index (κ3) is 3.62. The summed E-state index contributed by atoms with van der Waals surface area (Å²) in [5.74, 6) is -0.182. The van der Waals surface area contributed by atoms with Gasteiger partial charge in [0.15, 0.2) is 0 Å². The van der Waals surface area contributed by atoms with Gasteiger partial charge in [-0.1, -0.05) is 11.6 Å². The summed E-state index contributed by atoms with van der Waals surface area (Å²) in [5.41, 5.74) is 5.98. The number of carbonyl (C=O) groups excluding carboxylic acids is 1. The third-order valence-electron chi connectivity index (χ3n) is 3.18. The van der Waals surface area contributed by atoms with Crippen molar-refractivity contribution >= 4 is 17.5 Å². The van der Waals surface area contributed by atoms with Gasteiger partial charge in [-0.15, -0.1) is 0 Å². The number of amides is 1. The van der Waals surface area contributed by atoms with E-state index in [0.29, 0.717) is 11.6 Å². The van der Waals surface area contributed by atoms with Gasteiger partial charge < -0.3 is 0 Å². The number of aromatic nitrogens is 2. The zero-order valence-electron chi connectivity index (χ0n) is 12.3. The molecule has 0 unspecified atom stereocenters. The summed E-state index contributed by atoms with van der Waals surface area (Å²) in [6, 6.07) is 7.42. The lowest BCUT2D eigenvalue weighted by Crippen LogP contribution is -2.25. The van der Waals surface area contributed by atoms with Crippen LogP contribution in [0, 0.1) is 13.8 Å². The molecule has 1 amide bonds. The largest absolute Gasteiger partial charge is 0.274 e. The van der Waals surface area contributed by atoms with Crippen LogP contribution in [0.25, 0.3) is 5.69 Å². The van der Waals surface area contributed by atoms with Gasteiger partial charge in [-0.3, -0.25) is 9.63 Å². The average Bonchev–Trinajstić information content (AvgIpc) is 2.74. The first-order valence-electron chi connectivity index (χ1n) is 6.74. The molecule has 5 nitrogen and oxygen atoms in total. The lowest BCUT2D eigenvalue weighted by atomic mass is 10.1. The lowest BCUT2D eigenvalue weighted by Gasteiger charge is -2.06. The zero-order valence-corrected chi connectivity index (χ0v) is 13.1. The first-order valence-corrected chi connectivity index (χ1v) is 7.12. The van der Waals surface area contributed by atoms with Gasteiger partial charge in [-0.05, 0) is 45.0 Å². The number of carbonyl (C=O) groups is 1. The highest BCUT2D eigenvalue weighted by atomic mass is 35.5. The molecule has 1 N–H and O–H groups in total. The van der Waals surface area contributed by atoms with Crippen molar-refractivity contribution < 1.29 is 9.63 Å². The fourth-order valence-corrected chi connectivity index (χ4v) is 2.24. The molecule has 0 aliphatic rings. The van der Waals surface area contributed by atoms with Crippen LogP contribution in [0.15, 0.2) is 24.3 Å². The normalized spacial score (nSPS) is 10.7. The smallest absolute Gasteiger partial charge is 0.248 e. The van der Waals surface area contributed by atoms with E-state index in [1.54, 1.807) is 0 Å². The molecule has 1 aromatic heterocycles. The van der Waals surface area contributed by atoms with Crippen LogP contribution in [0.1, 0.15) is 23.9 Å². The van der Waals surface area contributed by atoms with Crippen LogP contribution in [-0.2, 0) is 16.1 Å². The molecule has 0 atom stereocenters. The second-order valence-electron chi connectivity index (χ2n) is 4.67. The lowest BCUT2D eigenvalue weighted by molar-refractivity contribution is -0.132. The Hall–Kier alpha value is -1.85. The van der Waals surface area contributed by atoms with E-state index in [2.05, 4.69) is 10.6 Å². The van der Waals surface area contributed by atoms with Crippen molar-refractivity contribution in [1.29, 1.82) is 0 Å². The van der Waals surface area contributed by atoms with E-state index in [9.17, 15) is 4.79 Å². The summed E-state index contributed by atoms with van der Waals surface area (Å²) >= 11 is 5.90. The minimum atomic E-state index is -0.182. The van der Waals surface area contributed by atoms with E-state index in [1.165, 1.54) is 0 Å². The number of halogens is 1. The first kappa shape index (κ1) is 15.5. The Morgan fingerprint density at radius 1 is 1.33 bits per heavy atom. The van der Waals surface area contributed by atoms with Gasteiger partial charge in [0.05, 0.1) is 24.4 Å². The predicted molar refractivity (Wildman–Crippen MR) is 81.5 cm³/mol. The predicted octanol–water partition coefficient (Wildman–Crippen LogP) is 2.75. The molecule has 0 fully saturated rings. The average molecular weight is 308 g/mol. The van der Waals surface area contributed by atoms with Crippen LogP contribution in [0.5, 0.6) is 0 Å². The Kier molecular flexibility index (Phi) is 4.98. The van der Waals surface area contributed by atoms with Gasteiger partial charge in [-0.2, -0.15) is 5.10 Å². The maximum absolute atomic E-state index is 11.8. The summed E-state index contributed by atoms with van der Waals surface area (Å²) < 4.78 is 1.81. The number of aryl methyl sites for hydroxylation is 1. The van der Waals surface area contributed by atoms with Crippen molar-refractivity contribution in [2.45, 2.75) is 27.2 Å². The van der Waals surface area contributed by atoms with Crippen LogP contribution in [-0.4, -0.2) is 22.3 Å². The Morgan fingerprint density at radius 3 is 2.62 bits per heavy atom. The van der Waals surface area contributed by atoms with Gasteiger partial charge in [-0.25, -0.2) is 10.2 Å². The van der Waals surface area contributed by atoms with Gasteiger partial charge >= 0.3 is 0 Å². The van der Waals surface area contributed by atoms with Gasteiger partial charge in [0.25, 0.3) is 0 Å². The molecule has 0 aliphatic heterocycles. The Labute approximate surface area is 128 Å². The topological polar surface area (TPSA) is 56.1 Å². The fourth-order valence-electron chi connectivity index (χ4n) is 2.11. The molecule has 0 aliphatic carbocycles. The molecule has 0 saturated heterocycles. The summed E-state index contributed by atoms with van der Waals surface area (Å²) in [7, 11) is 0. The van der Waals surface area contributed by atoms with E-state index < -0.39 is 0 Å². The number of benzene rings is 1. The Morgan fingerprint density at radius 2 is 2.00 bits per heavy atom. The minimum absolute atomic E-state index is 0.182. The van der Waals surface area contributed by atoms with Crippen molar-refractivity contribution in [3.05, 3.63) is 46.2 Å². The molecular weight excluding hydrogens is 290 g/mol. The van der Waals surface area contributed by atoms with Crippen LogP contribution in [0.3, 0.4) is 0 Å². The van der Waals surface area contributed by atoms with Crippen LogP contribution in [0.2, 0.25) is 5.02 Å². The molecule has 112 valence electrons. The summed E-state index contributed by atoms with van der Waals surface area (Å²) in [6.07, 6.45) is 0.241. The Balaban J connectivity index is 2.25. The summed E-state index contributed by atoms with van der Waals surface area (Å²) in [6.45, 7) is 6.09. The maximum Gasteiger partial charge on any atom is 0.248 e. The van der Waals surface area contributed by atoms with E-state index in [-0.39, 0.29) is 12.3 Å². The first-order chi connectivity index (χ1) is 10.0. The number of hydroxylamine groups is 1. The van der Waals surface area contributed by atoms with Crippen LogP contribution >= 0.6 is 11.6 Å². The molecule has 6 heteroatoms. The molecule has 21 heavy (non-hydrogen) atoms. The van der Waals surface area contributed by atoms with Crippen molar-refractivity contribution in [2.24, 2.45) is 0 Å². The number of nitrogens with one attached hydrogen (secondary N) is 1. The minimum Gasteiger partial charge on any atom is -0.274 e. The number of nitrogens with zero attached hydrogens (tertiary/aromatic N) is 2. The summed E-state index contributed by atoms with van der Waals surface area (Å²) in [4.78, 5) is 16.7. The van der Waals surface area contributed by atoms with Crippen LogP contribution in [0.4, 0.5) is 0 Å². The number of hydrogen-bond donors (Lipinski definition) is 1. The molecular formula is C15H18ClN3O2. The van der Waals surface area contributed by atoms with Gasteiger partial charge in [0, 0.05) is 16.3 Å². The van der Waals surface area contributed by atoms with E-state index in [4.69, 9.17) is 16.4 Å². The second kappa shape index (κ2) is 6.74. The molecule has 2 aromatic rings. The second-order valence-corrected chi connectivity index (χ2v) is 5.11. The van der Waals surface area contributed by atoms with Crippen molar-refractivity contribution in [2.75, 3.05) is 6.61 Å². The quantitative estimate of drug-likeness (QED) is 0.864. The fraction of sp³-hybridized carbons (Fsp3) is 0.333.